The van der Waals surface area contributed by atoms with E-state index in [4.69, 9.17) is 9.72 Å². The van der Waals surface area contributed by atoms with Crippen LogP contribution in [0.25, 0.3) is 0 Å². The molecule has 3 N–H and O–H groups in total. The predicted molar refractivity (Wildman–Crippen MR) is 146 cm³/mol. The fourth-order valence-corrected chi connectivity index (χ4v) is 4.79. The molecule has 192 valence electrons. The van der Waals surface area contributed by atoms with Crippen LogP contribution in [-0.2, 0) is 11.2 Å². The second kappa shape index (κ2) is 11.4. The van der Waals surface area contributed by atoms with Crippen LogP contribution < -0.4 is 20.9 Å². The highest BCUT2D eigenvalue weighted by molar-refractivity contribution is 5.99. The molecule has 3 heterocycles. The van der Waals surface area contributed by atoms with E-state index in [0.717, 1.165) is 62.6 Å². The lowest BCUT2D eigenvalue weighted by molar-refractivity contribution is 0.0958. The van der Waals surface area contributed by atoms with Crippen molar-refractivity contribution in [3.8, 4) is 0 Å². The average molecular weight is 500 g/mol. The molecule has 1 atom stereocenters. The summed E-state index contributed by atoms with van der Waals surface area (Å²) in [4.78, 5) is 29.1. The summed E-state index contributed by atoms with van der Waals surface area (Å²) < 4.78 is 5.44. The van der Waals surface area contributed by atoms with Crippen molar-refractivity contribution in [2.45, 2.75) is 32.1 Å². The quantitative estimate of drug-likeness (QED) is 0.369. The van der Waals surface area contributed by atoms with Crippen LogP contribution in [0.15, 0.2) is 55.3 Å². The Hall–Kier alpha value is -3.98. The number of hydrogen-bond acceptors (Lipinski definition) is 8. The minimum Gasteiger partial charge on any atom is -0.378 e. The summed E-state index contributed by atoms with van der Waals surface area (Å²) in [5.41, 5.74) is 4.78. The number of nitrogens with one attached hydrogen (secondary N) is 3. The molecule has 2 aromatic heterocycles. The zero-order valence-electron chi connectivity index (χ0n) is 21.2. The van der Waals surface area contributed by atoms with Gasteiger partial charge in [-0.3, -0.25) is 4.79 Å². The molecular formula is C28H33N7O2. The van der Waals surface area contributed by atoms with Crippen LogP contribution in [0.5, 0.6) is 0 Å². The molecule has 2 aliphatic rings. The van der Waals surface area contributed by atoms with Crippen LogP contribution in [0.3, 0.4) is 0 Å². The summed E-state index contributed by atoms with van der Waals surface area (Å²) in [6.07, 6.45) is 6.41. The Kier molecular flexibility index (Phi) is 7.60. The largest absolute Gasteiger partial charge is 0.378 e. The number of benzene rings is 1. The number of morpholine rings is 1. The van der Waals surface area contributed by atoms with Gasteiger partial charge in [-0.05, 0) is 55.2 Å². The molecule has 0 spiro atoms. The van der Waals surface area contributed by atoms with E-state index >= 15 is 0 Å². The van der Waals surface area contributed by atoms with Gasteiger partial charge < -0.3 is 25.6 Å². The number of rotatable bonds is 9. The zero-order valence-corrected chi connectivity index (χ0v) is 21.2. The Morgan fingerprint density at radius 2 is 1.95 bits per heavy atom. The molecule has 5 rings (SSSR count). The highest BCUT2D eigenvalue weighted by Gasteiger charge is 2.23. The molecule has 1 amide bonds. The second-order valence-corrected chi connectivity index (χ2v) is 9.24. The Morgan fingerprint density at radius 3 is 2.70 bits per heavy atom. The smallest absolute Gasteiger partial charge is 0.256 e. The van der Waals surface area contributed by atoms with E-state index in [2.05, 4.69) is 62.5 Å². The summed E-state index contributed by atoms with van der Waals surface area (Å²) in [6, 6.07) is 12.2. The van der Waals surface area contributed by atoms with Crippen molar-refractivity contribution in [2.75, 3.05) is 48.4 Å². The lowest BCUT2D eigenvalue weighted by Crippen LogP contribution is -2.36. The van der Waals surface area contributed by atoms with E-state index in [-0.39, 0.29) is 5.91 Å². The van der Waals surface area contributed by atoms with Gasteiger partial charge in [-0.2, -0.15) is 4.98 Å². The number of carbonyl (C=O) groups excluding carboxylic acids is 1. The van der Waals surface area contributed by atoms with Crippen LogP contribution >= 0.6 is 0 Å². The number of nitrogens with zero attached hydrogens (tertiary/aromatic N) is 4. The number of anilines is 5. The van der Waals surface area contributed by atoms with Gasteiger partial charge in [-0.15, -0.1) is 6.58 Å². The minimum atomic E-state index is -0.281. The molecule has 3 aromatic rings. The Labute approximate surface area is 217 Å². The summed E-state index contributed by atoms with van der Waals surface area (Å²) in [5, 5.41) is 9.34. The van der Waals surface area contributed by atoms with Crippen molar-refractivity contribution in [1.29, 1.82) is 0 Å². The van der Waals surface area contributed by atoms with Crippen molar-refractivity contribution < 1.29 is 9.53 Å². The molecule has 0 bridgehead atoms. The van der Waals surface area contributed by atoms with Gasteiger partial charge in [0.2, 0.25) is 5.95 Å². The topological polar surface area (TPSA) is 104 Å². The van der Waals surface area contributed by atoms with Gasteiger partial charge in [0, 0.05) is 48.8 Å². The first-order valence-corrected chi connectivity index (χ1v) is 12.9. The molecule has 9 heteroatoms. The molecule has 1 saturated heterocycles. The van der Waals surface area contributed by atoms with Crippen LogP contribution in [-0.4, -0.2) is 53.7 Å². The van der Waals surface area contributed by atoms with Crippen LogP contribution in [0, 0.1) is 0 Å². The average Bonchev–Trinajstić information content (AvgIpc) is 3.35. The monoisotopic (exact) mass is 499 g/mol. The molecule has 1 fully saturated rings. The Morgan fingerprint density at radius 1 is 1.14 bits per heavy atom. The third-order valence-electron chi connectivity index (χ3n) is 6.84. The Balaban J connectivity index is 1.38. The summed E-state index contributed by atoms with van der Waals surface area (Å²) in [6.45, 7) is 9.47. The van der Waals surface area contributed by atoms with Gasteiger partial charge >= 0.3 is 0 Å². The number of pyridine rings is 1. The third kappa shape index (κ3) is 5.72. The first-order chi connectivity index (χ1) is 18.1. The van der Waals surface area contributed by atoms with Gasteiger partial charge in [0.25, 0.3) is 5.91 Å². The molecule has 0 saturated carbocycles. The van der Waals surface area contributed by atoms with E-state index in [1.54, 1.807) is 6.08 Å². The van der Waals surface area contributed by atoms with Crippen molar-refractivity contribution in [3.63, 3.8) is 0 Å². The molecule has 1 aromatic carbocycles. The van der Waals surface area contributed by atoms with Gasteiger partial charge in [0.15, 0.2) is 0 Å². The zero-order chi connectivity index (χ0) is 25.6. The van der Waals surface area contributed by atoms with E-state index in [0.29, 0.717) is 35.6 Å². The van der Waals surface area contributed by atoms with Crippen LogP contribution in [0.1, 0.15) is 47.3 Å². The van der Waals surface area contributed by atoms with Crippen molar-refractivity contribution in [1.82, 2.24) is 20.3 Å². The SMILES string of the molecule is C=CCNC(=O)c1cnc(Nc2ccc(N3CCOCC3)cc2)nc1Nc1ccc2c(n1)C(CC)CC2. The van der Waals surface area contributed by atoms with Crippen LogP contribution in [0.4, 0.5) is 29.0 Å². The van der Waals surface area contributed by atoms with Crippen molar-refractivity contribution in [3.05, 3.63) is 72.1 Å². The van der Waals surface area contributed by atoms with Crippen molar-refractivity contribution >= 4 is 34.9 Å². The first-order valence-electron chi connectivity index (χ1n) is 12.9. The summed E-state index contributed by atoms with van der Waals surface area (Å²) >= 11 is 0. The number of aromatic nitrogens is 3. The van der Waals surface area contributed by atoms with E-state index < -0.39 is 0 Å². The number of carbonyl (C=O) groups is 1. The first kappa shape index (κ1) is 24.7. The predicted octanol–water partition coefficient (Wildman–Crippen LogP) is 4.55. The summed E-state index contributed by atoms with van der Waals surface area (Å²) in [7, 11) is 0. The molecule has 0 radical (unpaired) electrons. The Bertz CT molecular complexity index is 1260. The minimum absolute atomic E-state index is 0.281. The lowest BCUT2D eigenvalue weighted by Gasteiger charge is -2.28. The fourth-order valence-electron chi connectivity index (χ4n) is 4.79. The maximum Gasteiger partial charge on any atom is 0.256 e. The fraction of sp³-hybridized carbons (Fsp3) is 0.357. The standard InChI is InChI=1S/C28H33N7O2/c1-3-13-29-27(36)23-18-30-28(31-21-8-10-22(11-9-21)35-14-16-37-17-15-35)34-26(23)33-24-12-7-20-6-5-19(4-2)25(20)32-24/h3,7-12,18-19H,1,4-6,13-17H2,2H3,(H,29,36)(H2,30,31,32,33,34). The number of amides is 1. The van der Waals surface area contributed by atoms with Gasteiger partial charge in [-0.1, -0.05) is 19.1 Å². The van der Waals surface area contributed by atoms with E-state index in [9.17, 15) is 4.79 Å². The third-order valence-corrected chi connectivity index (χ3v) is 6.84. The molecule has 1 aliphatic heterocycles. The normalized spacial score (nSPS) is 16.7. The van der Waals surface area contributed by atoms with Crippen LogP contribution in [0.2, 0.25) is 0 Å². The van der Waals surface area contributed by atoms with Gasteiger partial charge in [0.1, 0.15) is 17.2 Å². The molecule has 37 heavy (non-hydrogen) atoms. The van der Waals surface area contributed by atoms with E-state index in [1.807, 2.05) is 18.2 Å². The van der Waals surface area contributed by atoms with Gasteiger partial charge in [-0.25, -0.2) is 9.97 Å². The highest BCUT2D eigenvalue weighted by atomic mass is 16.5. The van der Waals surface area contributed by atoms with E-state index in [1.165, 1.54) is 11.8 Å². The molecule has 1 unspecified atom stereocenters. The van der Waals surface area contributed by atoms with Crippen molar-refractivity contribution in [2.24, 2.45) is 0 Å². The molecular weight excluding hydrogens is 466 g/mol. The number of aryl methyl sites for hydroxylation is 1. The lowest BCUT2D eigenvalue weighted by atomic mass is 10.0. The van der Waals surface area contributed by atoms with Gasteiger partial charge in [0.05, 0.1) is 13.2 Å². The maximum absolute atomic E-state index is 12.8. The summed E-state index contributed by atoms with van der Waals surface area (Å²) in [5.74, 6) is 1.62. The number of ether oxygens (including phenoxy) is 1. The number of fused-ring (bicyclic) bond motifs is 1. The highest BCUT2D eigenvalue weighted by Crippen LogP contribution is 2.35. The molecule has 9 nitrogen and oxygen atoms in total. The number of hydrogen-bond donors (Lipinski definition) is 3. The maximum atomic E-state index is 12.8. The second-order valence-electron chi connectivity index (χ2n) is 9.24. The molecule has 1 aliphatic carbocycles.